The Morgan fingerprint density at radius 2 is 1.83 bits per heavy atom. The van der Waals surface area contributed by atoms with Crippen LogP contribution in [0.25, 0.3) is 0 Å². The van der Waals surface area contributed by atoms with E-state index in [4.69, 9.17) is 9.47 Å². The zero-order valence-corrected chi connectivity index (χ0v) is 22.6. The fourth-order valence-corrected chi connectivity index (χ4v) is 6.20. The summed E-state index contributed by atoms with van der Waals surface area (Å²) in [6, 6.07) is 16.9. The highest BCUT2D eigenvalue weighted by atomic mass is 79.9. The Kier molecular flexibility index (Phi) is 6.52. The quantitative estimate of drug-likeness (QED) is 0.285. The maximum atomic E-state index is 13.2. The van der Waals surface area contributed by atoms with Gasteiger partial charge in [-0.2, -0.15) is 0 Å². The number of hydrogen-bond acceptors (Lipinski definition) is 6. The number of amides is 1. The fourth-order valence-electron chi connectivity index (χ4n) is 5.36. The molecule has 1 saturated heterocycles. The van der Waals surface area contributed by atoms with Crippen LogP contribution in [-0.4, -0.2) is 30.0 Å². The van der Waals surface area contributed by atoms with Crippen LogP contribution in [0.4, 0.5) is 5.69 Å². The fraction of sp³-hybridized carbons (Fsp3) is 0.269. The molecule has 0 aromatic heterocycles. The van der Waals surface area contributed by atoms with E-state index in [2.05, 4.69) is 42.5 Å². The average Bonchev–Trinajstić information content (AvgIpc) is 3.32. The molecule has 2 aliphatic heterocycles. The predicted molar refractivity (Wildman–Crippen MR) is 142 cm³/mol. The molecule has 3 aromatic carbocycles. The first-order chi connectivity index (χ1) is 17.3. The Morgan fingerprint density at radius 1 is 1.11 bits per heavy atom. The summed E-state index contributed by atoms with van der Waals surface area (Å²) >= 11 is 7.00. The van der Waals surface area contributed by atoms with Crippen molar-refractivity contribution in [2.24, 2.45) is 0 Å². The molecule has 0 bridgehead atoms. The maximum Gasteiger partial charge on any atom is 0.256 e. The monoisotopic (exact) mass is 615 g/mol. The number of rotatable bonds is 6. The zero-order chi connectivity index (χ0) is 25.6. The van der Waals surface area contributed by atoms with E-state index in [1.54, 1.807) is 30.3 Å². The number of nitrogens with zero attached hydrogens (tertiary/aromatic N) is 1. The minimum Gasteiger partial charge on any atom is -0.493 e. The highest BCUT2D eigenvalue weighted by Crippen LogP contribution is 2.51. The number of carbonyl (C=O) groups excluding carboxylic acids is 1. The third-order valence-corrected chi connectivity index (χ3v) is 8.01. The van der Waals surface area contributed by atoms with Gasteiger partial charge in [-0.05, 0) is 64.3 Å². The Hall–Kier alpha value is -2.95. The van der Waals surface area contributed by atoms with Crippen LogP contribution in [0.15, 0.2) is 69.6 Å². The first kappa shape index (κ1) is 24.7. The number of nitrogens with one attached hydrogen (secondary N) is 2. The van der Waals surface area contributed by atoms with E-state index in [-0.39, 0.29) is 11.0 Å². The highest BCUT2D eigenvalue weighted by molar-refractivity contribution is 9.10. The molecule has 5 rings (SSSR count). The highest BCUT2D eigenvalue weighted by Gasteiger charge is 2.67. The second-order valence-corrected chi connectivity index (χ2v) is 10.7. The van der Waals surface area contributed by atoms with E-state index in [0.717, 1.165) is 10.0 Å². The van der Waals surface area contributed by atoms with Crippen LogP contribution in [0.1, 0.15) is 29.5 Å². The van der Waals surface area contributed by atoms with Gasteiger partial charge in [-0.1, -0.05) is 46.3 Å². The third kappa shape index (κ3) is 3.97. The number of hydrogen-bond donors (Lipinski definition) is 2. The van der Waals surface area contributed by atoms with Crippen LogP contribution >= 0.6 is 31.9 Å². The van der Waals surface area contributed by atoms with Crippen molar-refractivity contribution in [3.63, 3.8) is 0 Å². The molecule has 1 amide bonds. The summed E-state index contributed by atoms with van der Waals surface area (Å²) in [5, 5.41) is 18.7. The molecule has 8 nitrogen and oxygen atoms in total. The van der Waals surface area contributed by atoms with Gasteiger partial charge in [-0.15, -0.1) is 0 Å². The van der Waals surface area contributed by atoms with Crippen molar-refractivity contribution in [1.29, 1.82) is 0 Å². The minimum absolute atomic E-state index is 0.320. The van der Waals surface area contributed by atoms with Crippen molar-refractivity contribution in [1.82, 2.24) is 5.32 Å². The Labute approximate surface area is 224 Å². The topological polar surface area (TPSA) is 103 Å². The van der Waals surface area contributed by atoms with Gasteiger partial charge in [-0.3, -0.25) is 20.2 Å². The van der Waals surface area contributed by atoms with Gasteiger partial charge in [0.25, 0.3) is 11.9 Å². The molecule has 0 unspecified atom stereocenters. The number of para-hydroxylation sites is 1. The lowest BCUT2D eigenvalue weighted by Gasteiger charge is -2.25. The zero-order valence-electron chi connectivity index (χ0n) is 19.5. The number of nitro groups is 1. The Morgan fingerprint density at radius 3 is 2.53 bits per heavy atom. The van der Waals surface area contributed by atoms with Crippen LogP contribution < -0.4 is 20.1 Å². The number of benzene rings is 3. The largest absolute Gasteiger partial charge is 0.493 e. The van der Waals surface area contributed by atoms with Crippen molar-refractivity contribution in [2.75, 3.05) is 12.4 Å². The molecular weight excluding hydrogens is 594 g/mol. The summed E-state index contributed by atoms with van der Waals surface area (Å²) in [5.74, 6) is -0.0787. The Bertz CT molecular complexity index is 1350. The smallest absolute Gasteiger partial charge is 0.256 e. The van der Waals surface area contributed by atoms with Crippen molar-refractivity contribution >= 4 is 43.5 Å². The van der Waals surface area contributed by atoms with Gasteiger partial charge in [0.15, 0.2) is 17.0 Å². The Balaban J connectivity index is 1.53. The molecule has 3 aromatic rings. The lowest BCUT2D eigenvalue weighted by atomic mass is 9.78. The molecule has 36 heavy (non-hydrogen) atoms. The van der Waals surface area contributed by atoms with Crippen molar-refractivity contribution in [3.8, 4) is 11.5 Å². The summed E-state index contributed by atoms with van der Waals surface area (Å²) < 4.78 is 13.3. The van der Waals surface area contributed by atoms with E-state index in [0.29, 0.717) is 39.4 Å². The van der Waals surface area contributed by atoms with E-state index >= 15 is 0 Å². The molecular formula is C26H23Br2N3O5. The van der Waals surface area contributed by atoms with Gasteiger partial charge in [-0.25, -0.2) is 0 Å². The summed E-state index contributed by atoms with van der Waals surface area (Å²) in [4.78, 5) is 25.4. The number of carbonyl (C=O) groups is 1. The normalized spacial score (nSPS) is 24.4. The van der Waals surface area contributed by atoms with Crippen molar-refractivity contribution in [3.05, 3.63) is 96.4 Å². The summed E-state index contributed by atoms with van der Waals surface area (Å²) in [6.07, 6.45) is 0. The van der Waals surface area contributed by atoms with Gasteiger partial charge in [0.1, 0.15) is 6.61 Å². The summed E-state index contributed by atoms with van der Waals surface area (Å²) in [6.45, 7) is 2.18. The maximum absolute atomic E-state index is 13.2. The molecule has 1 fully saturated rings. The second-order valence-electron chi connectivity index (χ2n) is 8.95. The van der Waals surface area contributed by atoms with E-state index < -0.39 is 23.4 Å². The van der Waals surface area contributed by atoms with Crippen LogP contribution in [0.5, 0.6) is 11.5 Å². The number of ether oxygens (including phenoxy) is 2. The summed E-state index contributed by atoms with van der Waals surface area (Å²) in [5.41, 5.74) is 1.36. The SMILES string of the molecule is COc1cc([C@@H]2[C@H](C)N[C@@]3(C(=O)Nc4ccccc43)[C@H]2[N+](=O)[O-])cc(Br)c1OCc1ccc(Br)cc1. The second kappa shape index (κ2) is 9.49. The molecule has 2 heterocycles. The first-order valence-corrected chi connectivity index (χ1v) is 12.9. The molecule has 10 heteroatoms. The van der Waals surface area contributed by atoms with Gasteiger partial charge in [0, 0.05) is 26.7 Å². The van der Waals surface area contributed by atoms with E-state index in [1.807, 2.05) is 37.3 Å². The number of fused-ring (bicyclic) bond motifs is 2. The molecule has 0 radical (unpaired) electrons. The van der Waals surface area contributed by atoms with Gasteiger partial charge >= 0.3 is 0 Å². The van der Waals surface area contributed by atoms with Gasteiger partial charge < -0.3 is 14.8 Å². The number of halogens is 2. The van der Waals surface area contributed by atoms with Crippen molar-refractivity contribution < 1.29 is 19.2 Å². The molecule has 0 saturated carbocycles. The molecule has 186 valence electrons. The minimum atomic E-state index is -1.47. The van der Waals surface area contributed by atoms with Crippen LogP contribution in [-0.2, 0) is 16.9 Å². The standard InChI is InChI=1S/C26H23Br2N3O5/c1-14-22(24(31(33)34)26(30-14)18-5-3-4-6-20(18)29-25(26)32)16-11-19(28)23(21(12-16)35-2)36-13-15-7-9-17(27)10-8-15/h3-12,14,22,24,30H,13H2,1-2H3,(H,29,32)/t14-,22-,24-,26+/m0/s1. The van der Waals surface area contributed by atoms with Gasteiger partial charge in [0.2, 0.25) is 0 Å². The molecule has 0 aliphatic carbocycles. The lowest BCUT2D eigenvalue weighted by Crippen LogP contribution is -2.54. The molecule has 2 N–H and O–H groups in total. The molecule has 2 aliphatic rings. The van der Waals surface area contributed by atoms with Gasteiger partial charge in [0.05, 0.1) is 17.5 Å². The molecule has 1 spiro atoms. The van der Waals surface area contributed by atoms with Crippen LogP contribution in [0.2, 0.25) is 0 Å². The summed E-state index contributed by atoms with van der Waals surface area (Å²) in [7, 11) is 1.53. The van der Waals surface area contributed by atoms with E-state index in [9.17, 15) is 14.9 Å². The third-order valence-electron chi connectivity index (χ3n) is 6.90. The first-order valence-electron chi connectivity index (χ1n) is 11.3. The molecule has 4 atom stereocenters. The van der Waals surface area contributed by atoms with E-state index in [1.165, 1.54) is 7.11 Å². The van der Waals surface area contributed by atoms with Crippen LogP contribution in [0.3, 0.4) is 0 Å². The predicted octanol–water partition coefficient (Wildman–Crippen LogP) is 5.37. The van der Waals surface area contributed by atoms with Crippen molar-refractivity contribution in [2.45, 2.75) is 37.1 Å². The van der Waals surface area contributed by atoms with Crippen LogP contribution in [0, 0.1) is 10.1 Å². The number of anilines is 1. The number of methoxy groups -OCH3 is 1. The average molecular weight is 617 g/mol. The lowest BCUT2D eigenvalue weighted by molar-refractivity contribution is -0.532.